The minimum absolute atomic E-state index is 0.310. The van der Waals surface area contributed by atoms with Gasteiger partial charge in [0.05, 0.1) is 11.6 Å². The summed E-state index contributed by atoms with van der Waals surface area (Å²) in [5.41, 5.74) is 0. The first kappa shape index (κ1) is 13.6. The zero-order valence-corrected chi connectivity index (χ0v) is 10.7. The van der Waals surface area contributed by atoms with Crippen LogP contribution in [0.4, 0.5) is 4.39 Å². The standard InChI is InChI=1S/C12H15Cl2FO/c1-9(4-6-13)5-7-16-12-3-2-10(15)8-11(12)14/h2-3,8-9H,4-7H2,1H3. The second kappa shape index (κ2) is 6.97. The molecular formula is C12H15Cl2FO. The Hall–Kier alpha value is -0.470. The van der Waals surface area contributed by atoms with E-state index in [4.69, 9.17) is 27.9 Å². The molecule has 1 nitrogen and oxygen atoms in total. The van der Waals surface area contributed by atoms with E-state index in [1.165, 1.54) is 12.1 Å². The lowest BCUT2D eigenvalue weighted by atomic mass is 10.1. The molecule has 0 saturated heterocycles. The lowest BCUT2D eigenvalue weighted by Gasteiger charge is -2.11. The van der Waals surface area contributed by atoms with E-state index in [9.17, 15) is 4.39 Å². The molecule has 0 spiro atoms. The van der Waals surface area contributed by atoms with Crippen LogP contribution in [-0.2, 0) is 0 Å². The summed E-state index contributed by atoms with van der Waals surface area (Å²) in [7, 11) is 0. The van der Waals surface area contributed by atoms with Gasteiger partial charge in [0, 0.05) is 5.88 Å². The molecule has 1 unspecified atom stereocenters. The van der Waals surface area contributed by atoms with Crippen molar-refractivity contribution in [1.29, 1.82) is 0 Å². The first-order valence-electron chi connectivity index (χ1n) is 5.27. The largest absolute Gasteiger partial charge is 0.492 e. The van der Waals surface area contributed by atoms with Gasteiger partial charge in [0.1, 0.15) is 11.6 Å². The van der Waals surface area contributed by atoms with Crippen molar-refractivity contribution in [2.75, 3.05) is 12.5 Å². The zero-order valence-electron chi connectivity index (χ0n) is 9.18. The van der Waals surface area contributed by atoms with E-state index in [0.29, 0.717) is 29.2 Å². The molecule has 1 atom stereocenters. The molecule has 90 valence electrons. The van der Waals surface area contributed by atoms with Crippen molar-refractivity contribution in [1.82, 2.24) is 0 Å². The maximum absolute atomic E-state index is 12.7. The fourth-order valence-corrected chi connectivity index (χ4v) is 1.89. The normalized spacial score (nSPS) is 12.5. The highest BCUT2D eigenvalue weighted by Crippen LogP contribution is 2.25. The molecule has 1 aromatic carbocycles. The van der Waals surface area contributed by atoms with Crippen LogP contribution in [0, 0.1) is 11.7 Å². The van der Waals surface area contributed by atoms with E-state index in [-0.39, 0.29) is 5.82 Å². The molecule has 16 heavy (non-hydrogen) atoms. The van der Waals surface area contributed by atoms with Crippen LogP contribution in [0.1, 0.15) is 19.8 Å². The summed E-state index contributed by atoms with van der Waals surface area (Å²) < 4.78 is 18.2. The first-order chi connectivity index (χ1) is 7.63. The van der Waals surface area contributed by atoms with E-state index in [1.54, 1.807) is 6.07 Å². The van der Waals surface area contributed by atoms with Gasteiger partial charge in [-0.2, -0.15) is 0 Å². The van der Waals surface area contributed by atoms with Crippen LogP contribution in [0.2, 0.25) is 5.02 Å². The number of ether oxygens (including phenoxy) is 1. The smallest absolute Gasteiger partial charge is 0.138 e. The second-order valence-electron chi connectivity index (χ2n) is 3.79. The average Bonchev–Trinajstić information content (AvgIpc) is 2.22. The Labute approximate surface area is 106 Å². The molecule has 1 rings (SSSR count). The van der Waals surface area contributed by atoms with Crippen LogP contribution < -0.4 is 4.74 Å². The van der Waals surface area contributed by atoms with Crippen LogP contribution in [0.25, 0.3) is 0 Å². The van der Waals surface area contributed by atoms with Crippen LogP contribution in [0.5, 0.6) is 5.75 Å². The molecule has 0 bridgehead atoms. The topological polar surface area (TPSA) is 9.23 Å². The Bertz CT molecular complexity index is 331. The number of alkyl halides is 1. The summed E-state index contributed by atoms with van der Waals surface area (Å²) in [6, 6.07) is 4.13. The summed E-state index contributed by atoms with van der Waals surface area (Å²) in [5.74, 6) is 1.36. The summed E-state index contributed by atoms with van der Waals surface area (Å²) in [6.07, 6.45) is 1.89. The van der Waals surface area contributed by atoms with Gasteiger partial charge in [0.25, 0.3) is 0 Å². The molecule has 0 fully saturated rings. The van der Waals surface area contributed by atoms with Crippen molar-refractivity contribution in [2.24, 2.45) is 5.92 Å². The SMILES string of the molecule is CC(CCCl)CCOc1ccc(F)cc1Cl. The van der Waals surface area contributed by atoms with Crippen LogP contribution in [0.15, 0.2) is 18.2 Å². The highest BCUT2D eigenvalue weighted by Gasteiger charge is 2.05. The van der Waals surface area contributed by atoms with Gasteiger partial charge in [-0.1, -0.05) is 18.5 Å². The maximum Gasteiger partial charge on any atom is 0.138 e. The predicted octanol–water partition coefficient (Wildman–Crippen LogP) is 4.51. The summed E-state index contributed by atoms with van der Waals surface area (Å²) in [4.78, 5) is 0. The molecule has 0 radical (unpaired) electrons. The predicted molar refractivity (Wildman–Crippen MR) is 66.0 cm³/mol. The van der Waals surface area contributed by atoms with E-state index >= 15 is 0 Å². The minimum atomic E-state index is -0.354. The highest BCUT2D eigenvalue weighted by atomic mass is 35.5. The Kier molecular flexibility index (Phi) is 5.93. The van der Waals surface area contributed by atoms with E-state index in [0.717, 1.165) is 12.8 Å². The summed E-state index contributed by atoms with van der Waals surface area (Å²) >= 11 is 11.5. The Morgan fingerprint density at radius 2 is 2.12 bits per heavy atom. The Morgan fingerprint density at radius 3 is 2.75 bits per heavy atom. The van der Waals surface area contributed by atoms with Crippen LogP contribution >= 0.6 is 23.2 Å². The van der Waals surface area contributed by atoms with Gasteiger partial charge in [-0.05, 0) is 37.0 Å². The van der Waals surface area contributed by atoms with Crippen molar-refractivity contribution in [3.05, 3.63) is 29.0 Å². The Morgan fingerprint density at radius 1 is 1.38 bits per heavy atom. The zero-order chi connectivity index (χ0) is 12.0. The highest BCUT2D eigenvalue weighted by molar-refractivity contribution is 6.32. The number of hydrogen-bond acceptors (Lipinski definition) is 1. The van der Waals surface area contributed by atoms with Crippen molar-refractivity contribution in [2.45, 2.75) is 19.8 Å². The third kappa shape index (κ3) is 4.58. The van der Waals surface area contributed by atoms with Gasteiger partial charge in [0.15, 0.2) is 0 Å². The lowest BCUT2D eigenvalue weighted by molar-refractivity contribution is 0.282. The molecule has 0 N–H and O–H groups in total. The average molecular weight is 265 g/mol. The molecule has 4 heteroatoms. The van der Waals surface area contributed by atoms with E-state index in [1.807, 2.05) is 0 Å². The maximum atomic E-state index is 12.7. The summed E-state index contributed by atoms with van der Waals surface area (Å²) in [5, 5.41) is 0.310. The van der Waals surface area contributed by atoms with Gasteiger partial charge >= 0.3 is 0 Å². The molecule has 0 saturated carbocycles. The number of hydrogen-bond donors (Lipinski definition) is 0. The number of halogens is 3. The van der Waals surface area contributed by atoms with Gasteiger partial charge in [-0.3, -0.25) is 0 Å². The molecule has 0 heterocycles. The third-order valence-electron chi connectivity index (χ3n) is 2.36. The fourth-order valence-electron chi connectivity index (χ4n) is 1.29. The monoisotopic (exact) mass is 264 g/mol. The molecule has 0 aliphatic heterocycles. The molecule has 0 aromatic heterocycles. The molecule has 0 aliphatic rings. The van der Waals surface area contributed by atoms with Crippen LogP contribution in [-0.4, -0.2) is 12.5 Å². The quantitative estimate of drug-likeness (QED) is 0.687. The van der Waals surface area contributed by atoms with Crippen molar-refractivity contribution in [3.63, 3.8) is 0 Å². The van der Waals surface area contributed by atoms with Gasteiger partial charge < -0.3 is 4.74 Å². The van der Waals surface area contributed by atoms with E-state index in [2.05, 4.69) is 6.92 Å². The van der Waals surface area contributed by atoms with Crippen molar-refractivity contribution >= 4 is 23.2 Å². The molecule has 0 aliphatic carbocycles. The minimum Gasteiger partial charge on any atom is -0.492 e. The number of rotatable bonds is 6. The van der Waals surface area contributed by atoms with E-state index < -0.39 is 0 Å². The third-order valence-corrected chi connectivity index (χ3v) is 2.88. The Balaban J connectivity index is 2.37. The van der Waals surface area contributed by atoms with Gasteiger partial charge in [-0.25, -0.2) is 4.39 Å². The number of benzene rings is 1. The summed E-state index contributed by atoms with van der Waals surface area (Å²) in [6.45, 7) is 2.70. The molecule has 1 aromatic rings. The lowest BCUT2D eigenvalue weighted by Crippen LogP contribution is -2.05. The van der Waals surface area contributed by atoms with Crippen LogP contribution in [0.3, 0.4) is 0 Å². The second-order valence-corrected chi connectivity index (χ2v) is 4.58. The van der Waals surface area contributed by atoms with Gasteiger partial charge in [0.2, 0.25) is 0 Å². The molecular weight excluding hydrogens is 250 g/mol. The molecule has 0 amide bonds. The van der Waals surface area contributed by atoms with Crippen molar-refractivity contribution in [3.8, 4) is 5.75 Å². The fraction of sp³-hybridized carbons (Fsp3) is 0.500. The van der Waals surface area contributed by atoms with Gasteiger partial charge in [-0.15, -0.1) is 11.6 Å². The van der Waals surface area contributed by atoms with Crippen molar-refractivity contribution < 1.29 is 9.13 Å². The first-order valence-corrected chi connectivity index (χ1v) is 6.18.